The molecule has 0 spiro atoms. The molecule has 0 fully saturated rings. The summed E-state index contributed by atoms with van der Waals surface area (Å²) in [5.41, 5.74) is 2.19. The van der Waals surface area contributed by atoms with Crippen molar-refractivity contribution in [1.82, 2.24) is 0 Å². The van der Waals surface area contributed by atoms with Crippen molar-refractivity contribution in [2.75, 3.05) is 22.5 Å². The van der Waals surface area contributed by atoms with Crippen LogP contribution in [-0.2, 0) is 9.59 Å². The summed E-state index contributed by atoms with van der Waals surface area (Å²) < 4.78 is 5.63. The van der Waals surface area contributed by atoms with Gasteiger partial charge in [-0.1, -0.05) is 13.0 Å². The number of hydrogen-bond donors (Lipinski definition) is 3. The fourth-order valence-electron chi connectivity index (χ4n) is 2.23. The van der Waals surface area contributed by atoms with Crippen molar-refractivity contribution in [2.45, 2.75) is 33.3 Å². The molecule has 0 aromatic heterocycles. The molecule has 138 valence electrons. The molecule has 2 rings (SSSR count). The van der Waals surface area contributed by atoms with Gasteiger partial charge >= 0.3 is 0 Å². The summed E-state index contributed by atoms with van der Waals surface area (Å²) in [7, 11) is 0. The van der Waals surface area contributed by atoms with E-state index < -0.39 is 0 Å². The maximum absolute atomic E-state index is 12.1. The van der Waals surface area contributed by atoms with Crippen LogP contribution in [0, 0.1) is 0 Å². The van der Waals surface area contributed by atoms with Crippen LogP contribution >= 0.6 is 0 Å². The van der Waals surface area contributed by atoms with Crippen LogP contribution in [0.4, 0.5) is 17.1 Å². The van der Waals surface area contributed by atoms with Crippen LogP contribution in [0.3, 0.4) is 0 Å². The Labute approximate surface area is 153 Å². The van der Waals surface area contributed by atoms with Crippen LogP contribution in [0.25, 0.3) is 0 Å². The van der Waals surface area contributed by atoms with Gasteiger partial charge in [0, 0.05) is 29.5 Å². The Morgan fingerprint density at radius 3 is 2.12 bits per heavy atom. The molecule has 0 bridgehead atoms. The molecule has 0 aliphatic rings. The number of carbonyl (C=O) groups excluding carboxylic acids is 2. The zero-order chi connectivity index (χ0) is 18.9. The summed E-state index contributed by atoms with van der Waals surface area (Å²) in [6.45, 7) is 5.86. The smallest absolute Gasteiger partial charge is 0.243 e. The molecular weight excluding hydrogens is 330 g/mol. The van der Waals surface area contributed by atoms with Gasteiger partial charge in [0.15, 0.2) is 0 Å². The van der Waals surface area contributed by atoms with Crippen molar-refractivity contribution in [3.8, 4) is 5.75 Å². The van der Waals surface area contributed by atoms with Gasteiger partial charge in [0.05, 0.1) is 12.6 Å². The highest BCUT2D eigenvalue weighted by Gasteiger charge is 2.05. The molecule has 2 aromatic rings. The lowest BCUT2D eigenvalue weighted by Crippen LogP contribution is -2.21. The Morgan fingerprint density at radius 1 is 0.923 bits per heavy atom. The van der Waals surface area contributed by atoms with Crippen LogP contribution in [0.5, 0.6) is 5.75 Å². The van der Waals surface area contributed by atoms with E-state index in [9.17, 15) is 9.59 Å². The minimum absolute atomic E-state index is 0.0466. The summed E-state index contributed by atoms with van der Waals surface area (Å²) in [5, 5.41) is 8.64. The second-order valence-electron chi connectivity index (χ2n) is 6.08. The van der Waals surface area contributed by atoms with Crippen LogP contribution in [0.1, 0.15) is 27.2 Å². The Morgan fingerprint density at radius 2 is 1.54 bits per heavy atom. The molecule has 0 saturated carbocycles. The number of hydrogen-bond acceptors (Lipinski definition) is 4. The second-order valence-corrected chi connectivity index (χ2v) is 6.08. The number of rotatable bonds is 8. The minimum Gasteiger partial charge on any atom is -0.491 e. The van der Waals surface area contributed by atoms with Crippen molar-refractivity contribution >= 4 is 28.9 Å². The lowest BCUT2D eigenvalue weighted by Gasteiger charge is -2.12. The van der Waals surface area contributed by atoms with E-state index in [0.717, 1.165) is 11.4 Å². The molecule has 6 nitrogen and oxygen atoms in total. The zero-order valence-electron chi connectivity index (χ0n) is 15.3. The number of anilines is 3. The minimum atomic E-state index is -0.162. The summed E-state index contributed by atoms with van der Waals surface area (Å²) >= 11 is 0. The number of ether oxygens (including phenoxy) is 1. The Bertz CT molecular complexity index is 742. The van der Waals surface area contributed by atoms with Gasteiger partial charge in [0.25, 0.3) is 0 Å². The van der Waals surface area contributed by atoms with E-state index in [1.165, 1.54) is 0 Å². The van der Waals surface area contributed by atoms with Gasteiger partial charge < -0.3 is 20.7 Å². The van der Waals surface area contributed by atoms with Crippen LogP contribution in [0.2, 0.25) is 0 Å². The summed E-state index contributed by atoms with van der Waals surface area (Å²) in [5.74, 6) is 0.551. The Kier molecular flexibility index (Phi) is 7.02. The number of benzene rings is 2. The molecule has 2 aromatic carbocycles. The van der Waals surface area contributed by atoms with E-state index in [0.29, 0.717) is 17.8 Å². The topological polar surface area (TPSA) is 79.5 Å². The molecule has 3 N–H and O–H groups in total. The SMILES string of the molecule is CCC(=O)Nc1ccc(NC(=O)CNc2cccc(OC(C)C)c2)cc1. The summed E-state index contributed by atoms with van der Waals surface area (Å²) in [4.78, 5) is 23.4. The molecule has 0 atom stereocenters. The molecule has 0 unspecified atom stereocenters. The van der Waals surface area contributed by atoms with Crippen molar-refractivity contribution in [3.05, 3.63) is 48.5 Å². The second kappa shape index (κ2) is 9.46. The number of carbonyl (C=O) groups is 2. The molecule has 0 aliphatic carbocycles. The largest absolute Gasteiger partial charge is 0.491 e. The van der Waals surface area contributed by atoms with E-state index in [1.54, 1.807) is 31.2 Å². The van der Waals surface area contributed by atoms with E-state index in [2.05, 4.69) is 16.0 Å². The average molecular weight is 355 g/mol. The normalized spacial score (nSPS) is 10.3. The molecule has 0 radical (unpaired) electrons. The van der Waals surface area contributed by atoms with Crippen LogP contribution in [0.15, 0.2) is 48.5 Å². The summed E-state index contributed by atoms with van der Waals surface area (Å²) in [6.07, 6.45) is 0.520. The fraction of sp³-hybridized carbons (Fsp3) is 0.300. The van der Waals surface area contributed by atoms with Gasteiger partial charge in [-0.05, 0) is 50.2 Å². The molecule has 0 heterocycles. The van der Waals surface area contributed by atoms with Gasteiger partial charge in [-0.15, -0.1) is 0 Å². The molecule has 0 saturated heterocycles. The van der Waals surface area contributed by atoms with Gasteiger partial charge in [-0.25, -0.2) is 0 Å². The van der Waals surface area contributed by atoms with Gasteiger partial charge in [-0.3, -0.25) is 9.59 Å². The van der Waals surface area contributed by atoms with Crippen LogP contribution in [-0.4, -0.2) is 24.5 Å². The van der Waals surface area contributed by atoms with Gasteiger partial charge in [-0.2, -0.15) is 0 Å². The maximum Gasteiger partial charge on any atom is 0.243 e. The molecule has 26 heavy (non-hydrogen) atoms. The first-order valence-electron chi connectivity index (χ1n) is 8.66. The van der Waals surface area contributed by atoms with E-state index in [4.69, 9.17) is 4.74 Å². The van der Waals surface area contributed by atoms with E-state index in [1.807, 2.05) is 38.1 Å². The fourth-order valence-corrected chi connectivity index (χ4v) is 2.23. The van der Waals surface area contributed by atoms with Crippen molar-refractivity contribution in [2.24, 2.45) is 0 Å². The quantitative estimate of drug-likeness (QED) is 0.671. The highest BCUT2D eigenvalue weighted by molar-refractivity contribution is 5.94. The predicted octanol–water partition coefficient (Wildman–Crippen LogP) is 3.87. The number of amides is 2. The predicted molar refractivity (Wildman–Crippen MR) is 105 cm³/mol. The molecule has 0 aliphatic heterocycles. The Hall–Kier alpha value is -3.02. The third-order valence-corrected chi connectivity index (χ3v) is 3.43. The van der Waals surface area contributed by atoms with Crippen molar-refractivity contribution < 1.29 is 14.3 Å². The van der Waals surface area contributed by atoms with Crippen molar-refractivity contribution in [3.63, 3.8) is 0 Å². The van der Waals surface area contributed by atoms with Gasteiger partial charge in [0.2, 0.25) is 11.8 Å². The average Bonchev–Trinajstić information content (AvgIpc) is 2.61. The third-order valence-electron chi connectivity index (χ3n) is 3.43. The maximum atomic E-state index is 12.1. The monoisotopic (exact) mass is 355 g/mol. The molecule has 2 amide bonds. The lowest BCUT2D eigenvalue weighted by atomic mass is 10.2. The van der Waals surface area contributed by atoms with Crippen molar-refractivity contribution in [1.29, 1.82) is 0 Å². The zero-order valence-corrected chi connectivity index (χ0v) is 15.3. The van der Waals surface area contributed by atoms with Gasteiger partial charge in [0.1, 0.15) is 5.75 Å². The number of nitrogens with one attached hydrogen (secondary N) is 3. The molecule has 6 heteroatoms. The standard InChI is InChI=1S/C20H25N3O3/c1-4-19(24)22-15-8-10-16(11-9-15)23-20(25)13-21-17-6-5-7-18(12-17)26-14(2)3/h5-12,14,21H,4,13H2,1-3H3,(H,22,24)(H,23,25). The van der Waals surface area contributed by atoms with E-state index >= 15 is 0 Å². The molecular formula is C20H25N3O3. The van der Waals surface area contributed by atoms with E-state index in [-0.39, 0.29) is 24.5 Å². The lowest BCUT2D eigenvalue weighted by molar-refractivity contribution is -0.116. The van der Waals surface area contributed by atoms with Crippen LogP contribution < -0.4 is 20.7 Å². The third kappa shape index (κ3) is 6.47. The first-order chi connectivity index (χ1) is 12.5. The first-order valence-corrected chi connectivity index (χ1v) is 8.66. The Balaban J connectivity index is 1.84. The summed E-state index contributed by atoms with van der Waals surface area (Å²) in [6, 6.07) is 14.5. The highest BCUT2D eigenvalue weighted by Crippen LogP contribution is 2.18. The first kappa shape index (κ1) is 19.3. The highest BCUT2D eigenvalue weighted by atomic mass is 16.5.